The van der Waals surface area contributed by atoms with Gasteiger partial charge in [-0.15, -0.1) is 0 Å². The molecule has 0 amide bonds. The van der Waals surface area contributed by atoms with E-state index in [0.29, 0.717) is 29.1 Å². The molecule has 1 aliphatic carbocycles. The third-order valence-electron chi connectivity index (χ3n) is 5.30. The van der Waals surface area contributed by atoms with Crippen molar-refractivity contribution in [1.29, 1.82) is 0 Å². The van der Waals surface area contributed by atoms with Crippen LogP contribution in [-0.4, -0.2) is 32.6 Å². The van der Waals surface area contributed by atoms with Crippen molar-refractivity contribution in [2.75, 3.05) is 36.9 Å². The average molecular weight is 306 g/mol. The Balaban J connectivity index is 1.28. The van der Waals surface area contributed by atoms with Crippen molar-refractivity contribution in [1.82, 2.24) is 0 Å². The molecule has 2 unspecified atom stereocenters. The number of ether oxygens (including phenoxy) is 2. The summed E-state index contributed by atoms with van der Waals surface area (Å²) >= 11 is 0. The van der Waals surface area contributed by atoms with Crippen LogP contribution in [0.2, 0.25) is 0 Å². The lowest BCUT2D eigenvalue weighted by atomic mass is 10.2. The van der Waals surface area contributed by atoms with Crippen molar-refractivity contribution in [2.24, 2.45) is 17.8 Å². The molecule has 0 bridgehead atoms. The van der Waals surface area contributed by atoms with Crippen LogP contribution in [0.5, 0.6) is 0 Å². The average Bonchev–Trinajstić information content (AvgIpc) is 2.97. The lowest BCUT2D eigenvalue weighted by Gasteiger charge is -2.25. The van der Waals surface area contributed by atoms with Gasteiger partial charge < -0.3 is 20.1 Å². The number of benzene rings is 1. The van der Waals surface area contributed by atoms with Gasteiger partial charge in [0.05, 0.1) is 12.3 Å². The number of hydrogen-bond donors (Lipinski definition) is 1. The number of nitrogens with two attached hydrogens (primary N) is 1. The molecule has 1 aromatic carbocycles. The van der Waals surface area contributed by atoms with Gasteiger partial charge in [0, 0.05) is 25.4 Å². The Morgan fingerprint density at radius 3 is 2.77 bits per heavy atom. The number of nitrogen functional groups attached to an aromatic ring is 1. The number of halogens is 1. The third kappa shape index (κ3) is 2.68. The summed E-state index contributed by atoms with van der Waals surface area (Å²) in [5, 5.41) is 0. The highest BCUT2D eigenvalue weighted by Crippen LogP contribution is 2.53. The summed E-state index contributed by atoms with van der Waals surface area (Å²) in [6, 6.07) is 4.96. The first-order valence-corrected chi connectivity index (χ1v) is 8.25. The zero-order valence-electron chi connectivity index (χ0n) is 12.7. The Morgan fingerprint density at radius 2 is 2.09 bits per heavy atom. The molecule has 120 valence electrons. The van der Waals surface area contributed by atoms with Crippen molar-refractivity contribution >= 4 is 11.4 Å². The molecule has 1 saturated carbocycles. The molecule has 3 aliphatic rings. The van der Waals surface area contributed by atoms with Crippen LogP contribution in [0.1, 0.15) is 19.3 Å². The maximum atomic E-state index is 14.0. The van der Waals surface area contributed by atoms with Crippen LogP contribution in [0.25, 0.3) is 0 Å². The summed E-state index contributed by atoms with van der Waals surface area (Å²) in [5.74, 6) is 1.68. The van der Waals surface area contributed by atoms with Crippen molar-refractivity contribution < 1.29 is 13.9 Å². The van der Waals surface area contributed by atoms with E-state index >= 15 is 0 Å². The van der Waals surface area contributed by atoms with Gasteiger partial charge in [0.2, 0.25) is 0 Å². The Morgan fingerprint density at radius 1 is 1.27 bits per heavy atom. The normalized spacial score (nSPS) is 33.8. The Hall–Kier alpha value is -1.33. The summed E-state index contributed by atoms with van der Waals surface area (Å²) in [5.41, 5.74) is 6.76. The Kier molecular flexibility index (Phi) is 3.70. The minimum Gasteiger partial charge on any atom is -0.399 e. The Bertz CT molecular complexity index is 535. The first kappa shape index (κ1) is 14.3. The number of rotatable bonds is 4. The minimum atomic E-state index is -0.218. The summed E-state index contributed by atoms with van der Waals surface area (Å²) in [7, 11) is 0. The second kappa shape index (κ2) is 5.70. The highest BCUT2D eigenvalue weighted by Gasteiger charge is 2.56. The summed E-state index contributed by atoms with van der Waals surface area (Å²) < 4.78 is 25.5. The predicted molar refractivity (Wildman–Crippen MR) is 83.0 cm³/mol. The molecule has 2 saturated heterocycles. The van der Waals surface area contributed by atoms with E-state index in [1.807, 2.05) is 0 Å². The molecule has 2 N–H and O–H groups in total. The number of nitrogens with zero attached hydrogens (tertiary/aromatic N) is 1. The molecular weight excluding hydrogens is 283 g/mol. The second-order valence-electron chi connectivity index (χ2n) is 6.74. The fourth-order valence-electron chi connectivity index (χ4n) is 3.93. The van der Waals surface area contributed by atoms with Gasteiger partial charge >= 0.3 is 0 Å². The molecule has 4 nitrogen and oxygen atoms in total. The van der Waals surface area contributed by atoms with Crippen LogP contribution in [0.4, 0.5) is 15.8 Å². The zero-order chi connectivity index (χ0) is 15.1. The first-order valence-electron chi connectivity index (χ1n) is 8.25. The van der Waals surface area contributed by atoms with E-state index in [2.05, 4.69) is 4.90 Å². The van der Waals surface area contributed by atoms with Crippen LogP contribution in [0, 0.1) is 23.6 Å². The summed E-state index contributed by atoms with van der Waals surface area (Å²) in [6.45, 7) is 3.46. The van der Waals surface area contributed by atoms with E-state index in [4.69, 9.17) is 15.2 Å². The fourth-order valence-corrected chi connectivity index (χ4v) is 3.93. The molecule has 2 aliphatic heterocycles. The Labute approximate surface area is 130 Å². The van der Waals surface area contributed by atoms with Crippen molar-refractivity contribution in [2.45, 2.75) is 25.6 Å². The predicted octanol–water partition coefficient (Wildman–Crippen LogP) is 2.63. The smallest absolute Gasteiger partial charge is 0.157 e. The topological polar surface area (TPSA) is 47.7 Å². The van der Waals surface area contributed by atoms with Crippen LogP contribution in [0.3, 0.4) is 0 Å². The monoisotopic (exact) mass is 306 g/mol. The van der Waals surface area contributed by atoms with E-state index < -0.39 is 0 Å². The van der Waals surface area contributed by atoms with Gasteiger partial charge in [-0.1, -0.05) is 0 Å². The van der Waals surface area contributed by atoms with Crippen molar-refractivity contribution in [3.8, 4) is 0 Å². The van der Waals surface area contributed by atoms with Crippen molar-refractivity contribution in [3.05, 3.63) is 24.0 Å². The van der Waals surface area contributed by atoms with Gasteiger partial charge in [-0.05, 0) is 55.2 Å². The van der Waals surface area contributed by atoms with Gasteiger partial charge in [-0.2, -0.15) is 0 Å². The zero-order valence-corrected chi connectivity index (χ0v) is 12.7. The van der Waals surface area contributed by atoms with Crippen LogP contribution >= 0.6 is 0 Å². The lowest BCUT2D eigenvalue weighted by Crippen LogP contribution is -2.28. The fraction of sp³-hybridized carbons (Fsp3) is 0.647. The minimum absolute atomic E-state index is 0.000669. The molecule has 0 radical (unpaired) electrons. The first-order chi connectivity index (χ1) is 10.7. The van der Waals surface area contributed by atoms with E-state index in [1.165, 1.54) is 12.5 Å². The molecule has 3 fully saturated rings. The summed E-state index contributed by atoms with van der Waals surface area (Å²) in [4.78, 5) is 2.14. The lowest BCUT2D eigenvalue weighted by molar-refractivity contribution is -0.165. The van der Waals surface area contributed by atoms with E-state index in [1.54, 1.807) is 12.1 Å². The van der Waals surface area contributed by atoms with Crippen molar-refractivity contribution in [3.63, 3.8) is 0 Å². The molecule has 4 rings (SSSR count). The maximum Gasteiger partial charge on any atom is 0.157 e. The van der Waals surface area contributed by atoms with E-state index in [9.17, 15) is 4.39 Å². The number of anilines is 2. The molecule has 1 aromatic rings. The van der Waals surface area contributed by atoms with Gasteiger partial charge in [0.25, 0.3) is 0 Å². The van der Waals surface area contributed by atoms with Crippen LogP contribution in [0.15, 0.2) is 18.2 Å². The van der Waals surface area contributed by atoms with Gasteiger partial charge in [0.15, 0.2) is 6.29 Å². The number of fused-ring (bicyclic) bond motifs is 1. The maximum absolute atomic E-state index is 14.0. The third-order valence-corrected chi connectivity index (χ3v) is 5.30. The molecule has 0 aromatic heterocycles. The molecule has 5 heteroatoms. The standard InChI is InChI=1S/C17H23FN2O2/c18-15-7-11(19)4-5-16(15)20-8-12-13(9-20)14(12)10-22-17-3-1-2-6-21-17/h4-5,7,12-14,17H,1-3,6,8-10,19H2/t12-,13+,14?,17?. The number of hydrogen-bond acceptors (Lipinski definition) is 4. The quantitative estimate of drug-likeness (QED) is 0.869. The van der Waals surface area contributed by atoms with Crippen LogP contribution in [-0.2, 0) is 9.47 Å². The molecule has 4 atom stereocenters. The van der Waals surface area contributed by atoms with Gasteiger partial charge in [0.1, 0.15) is 5.82 Å². The van der Waals surface area contributed by atoms with Crippen LogP contribution < -0.4 is 10.6 Å². The molecule has 2 heterocycles. The SMILES string of the molecule is Nc1ccc(N2C[C@@H]3C(COC4CCCCO4)[C@@H]3C2)c(F)c1. The summed E-state index contributed by atoms with van der Waals surface area (Å²) in [6.07, 6.45) is 3.37. The second-order valence-corrected chi connectivity index (χ2v) is 6.74. The molecule has 0 spiro atoms. The number of piperidine rings is 1. The van der Waals surface area contributed by atoms with E-state index in [-0.39, 0.29) is 12.1 Å². The molecule has 22 heavy (non-hydrogen) atoms. The van der Waals surface area contributed by atoms with E-state index in [0.717, 1.165) is 39.1 Å². The highest BCUT2D eigenvalue weighted by molar-refractivity contribution is 5.55. The molecular formula is C17H23FN2O2. The van der Waals surface area contributed by atoms with Gasteiger partial charge in [-0.3, -0.25) is 0 Å². The largest absolute Gasteiger partial charge is 0.399 e. The van der Waals surface area contributed by atoms with Gasteiger partial charge in [-0.25, -0.2) is 4.39 Å². The highest BCUT2D eigenvalue weighted by atomic mass is 19.1.